The first-order chi connectivity index (χ1) is 25.6. The minimum Gasteiger partial charge on any atom is -0.456 e. The van der Waals surface area contributed by atoms with E-state index in [1.54, 1.807) is 0 Å². The van der Waals surface area contributed by atoms with Gasteiger partial charge in [0.15, 0.2) is 17.5 Å². The van der Waals surface area contributed by atoms with Gasteiger partial charge < -0.3 is 13.4 Å². The van der Waals surface area contributed by atoms with Crippen molar-refractivity contribution in [3.63, 3.8) is 0 Å². The molecule has 52 heavy (non-hydrogen) atoms. The highest BCUT2D eigenvalue weighted by atomic mass is 16.3. The Balaban J connectivity index is 1.07. The number of hydrogen-bond acceptors (Lipinski definition) is 5. The van der Waals surface area contributed by atoms with E-state index in [0.717, 1.165) is 82.9 Å². The normalized spacial score (nSPS) is 11.9. The number of aryl methyl sites for hydroxylation is 1. The highest BCUT2D eigenvalue weighted by molar-refractivity contribution is 6.23. The van der Waals surface area contributed by atoms with E-state index in [1.807, 2.05) is 72.8 Å². The number of para-hydroxylation sites is 3. The third kappa shape index (κ3) is 4.76. The van der Waals surface area contributed by atoms with Crippen LogP contribution in [0.5, 0.6) is 0 Å². The third-order valence-corrected chi connectivity index (χ3v) is 9.83. The number of aromatic nitrogens is 4. The lowest BCUT2D eigenvalue weighted by atomic mass is 10.1. The van der Waals surface area contributed by atoms with Crippen molar-refractivity contribution in [1.29, 1.82) is 0 Å². The van der Waals surface area contributed by atoms with Crippen molar-refractivity contribution in [1.82, 2.24) is 19.5 Å². The molecular formula is C46H30N4O2. The summed E-state index contributed by atoms with van der Waals surface area (Å²) in [6.07, 6.45) is 3.84. The van der Waals surface area contributed by atoms with Crippen molar-refractivity contribution < 1.29 is 8.83 Å². The van der Waals surface area contributed by atoms with Crippen LogP contribution in [0.2, 0.25) is 0 Å². The summed E-state index contributed by atoms with van der Waals surface area (Å²) in [6.45, 7) is 6.40. The lowest BCUT2D eigenvalue weighted by molar-refractivity contribution is 0.601. The minimum atomic E-state index is 0.496. The predicted molar refractivity (Wildman–Crippen MR) is 211 cm³/mol. The molecule has 0 bridgehead atoms. The average Bonchev–Trinajstić information content (AvgIpc) is 3.86. The Morgan fingerprint density at radius 2 is 1.21 bits per heavy atom. The maximum absolute atomic E-state index is 6.49. The smallest absolute Gasteiger partial charge is 0.164 e. The van der Waals surface area contributed by atoms with Gasteiger partial charge in [-0.05, 0) is 73.7 Å². The van der Waals surface area contributed by atoms with E-state index in [1.165, 1.54) is 0 Å². The van der Waals surface area contributed by atoms with Crippen LogP contribution in [0.1, 0.15) is 17.1 Å². The van der Waals surface area contributed by atoms with Crippen LogP contribution >= 0.6 is 0 Å². The van der Waals surface area contributed by atoms with Crippen LogP contribution in [0.3, 0.4) is 0 Å². The second-order valence-corrected chi connectivity index (χ2v) is 13.0. The average molecular weight is 671 g/mol. The Hall–Kier alpha value is -7.05. The van der Waals surface area contributed by atoms with Crippen molar-refractivity contribution >= 4 is 66.4 Å². The molecule has 0 aliphatic heterocycles. The minimum absolute atomic E-state index is 0.496. The Morgan fingerprint density at radius 1 is 0.577 bits per heavy atom. The van der Waals surface area contributed by atoms with E-state index in [0.29, 0.717) is 23.0 Å². The summed E-state index contributed by atoms with van der Waals surface area (Å²) < 4.78 is 14.9. The topological polar surface area (TPSA) is 69.9 Å². The van der Waals surface area contributed by atoms with Crippen LogP contribution in [-0.2, 0) is 0 Å². The van der Waals surface area contributed by atoms with Crippen LogP contribution in [0.25, 0.3) is 94.8 Å². The number of nitrogens with zero attached hydrogens (tertiary/aromatic N) is 4. The second-order valence-electron chi connectivity index (χ2n) is 13.0. The lowest BCUT2D eigenvalue weighted by Crippen LogP contribution is -2.02. The second kappa shape index (κ2) is 11.8. The third-order valence-electron chi connectivity index (χ3n) is 9.83. The van der Waals surface area contributed by atoms with Crippen molar-refractivity contribution in [3.05, 3.63) is 169 Å². The fraction of sp³-hybridized carbons (Fsp3) is 0.0217. The van der Waals surface area contributed by atoms with Crippen LogP contribution in [0, 0.1) is 6.92 Å². The Kier molecular flexibility index (Phi) is 6.76. The van der Waals surface area contributed by atoms with Crippen molar-refractivity contribution in [2.45, 2.75) is 6.92 Å². The summed E-state index contributed by atoms with van der Waals surface area (Å²) in [5, 5.41) is 5.58. The van der Waals surface area contributed by atoms with E-state index < -0.39 is 0 Å². The summed E-state index contributed by atoms with van der Waals surface area (Å²) in [4.78, 5) is 14.7. The quantitative estimate of drug-likeness (QED) is 0.165. The summed E-state index contributed by atoms with van der Waals surface area (Å²) in [7, 11) is 0. The summed E-state index contributed by atoms with van der Waals surface area (Å²) >= 11 is 0. The summed E-state index contributed by atoms with van der Waals surface area (Å²) in [6, 6.07) is 47.5. The molecule has 10 rings (SSSR count). The Labute approximate surface area is 298 Å². The number of rotatable bonds is 6. The van der Waals surface area contributed by atoms with E-state index in [2.05, 4.69) is 96.9 Å². The predicted octanol–water partition coefficient (Wildman–Crippen LogP) is 12.0. The van der Waals surface area contributed by atoms with E-state index in [9.17, 15) is 0 Å². The number of fused-ring (bicyclic) bond motifs is 8. The monoisotopic (exact) mass is 670 g/mol. The molecule has 0 N–H and O–H groups in total. The highest BCUT2D eigenvalue weighted by Crippen LogP contribution is 2.40. The first-order valence-electron chi connectivity index (χ1n) is 17.2. The summed E-state index contributed by atoms with van der Waals surface area (Å²) in [5.41, 5.74) is 9.35. The van der Waals surface area contributed by atoms with Gasteiger partial charge in [-0.25, -0.2) is 15.0 Å². The lowest BCUT2D eigenvalue weighted by Gasteiger charge is -2.10. The molecule has 0 fully saturated rings. The maximum atomic E-state index is 6.49. The molecular weight excluding hydrogens is 641 g/mol. The molecule has 0 radical (unpaired) electrons. The fourth-order valence-electron chi connectivity index (χ4n) is 7.24. The van der Waals surface area contributed by atoms with E-state index in [4.69, 9.17) is 23.8 Å². The summed E-state index contributed by atoms with van der Waals surface area (Å²) in [5.74, 6) is 2.42. The van der Waals surface area contributed by atoms with Crippen LogP contribution in [0.4, 0.5) is 0 Å². The number of furan rings is 2. The molecule has 0 saturated heterocycles. The molecule has 0 amide bonds. The van der Waals surface area contributed by atoms with Crippen LogP contribution < -0.4 is 0 Å². The first kappa shape index (κ1) is 29.8. The van der Waals surface area contributed by atoms with Crippen molar-refractivity contribution in [2.75, 3.05) is 0 Å². The van der Waals surface area contributed by atoms with Gasteiger partial charge in [-0.15, -0.1) is 0 Å². The molecule has 6 heteroatoms. The van der Waals surface area contributed by atoms with Gasteiger partial charge in [-0.1, -0.05) is 91.5 Å². The van der Waals surface area contributed by atoms with Gasteiger partial charge in [0.1, 0.15) is 22.5 Å². The zero-order valence-electron chi connectivity index (χ0n) is 28.2. The van der Waals surface area contributed by atoms with Crippen LogP contribution in [-0.4, -0.2) is 19.5 Å². The van der Waals surface area contributed by atoms with E-state index >= 15 is 0 Å². The molecule has 0 saturated carbocycles. The highest BCUT2D eigenvalue weighted by Gasteiger charge is 2.19. The zero-order chi connectivity index (χ0) is 34.8. The van der Waals surface area contributed by atoms with Gasteiger partial charge in [0.2, 0.25) is 0 Å². The number of allylic oxidation sites excluding steroid dienone is 2. The van der Waals surface area contributed by atoms with Crippen LogP contribution in [0.15, 0.2) is 161 Å². The molecule has 6 nitrogen and oxygen atoms in total. The SMILES string of the molecule is C=C(/C=C\c1oc2ccccc2c1C)c1nc(-c2ccccc2)nc(-c2ccc(-n3c4ccccc4c4c5oc6ccccc6c5ccc43)cc2)n1. The molecule has 0 unspecified atom stereocenters. The number of hydrogen-bond donors (Lipinski definition) is 0. The zero-order valence-corrected chi connectivity index (χ0v) is 28.2. The fourth-order valence-corrected chi connectivity index (χ4v) is 7.24. The Morgan fingerprint density at radius 3 is 1.96 bits per heavy atom. The van der Waals surface area contributed by atoms with Gasteiger partial charge in [0.05, 0.1) is 16.4 Å². The molecule has 10 aromatic rings. The van der Waals surface area contributed by atoms with Gasteiger partial charge in [0, 0.05) is 49.5 Å². The van der Waals surface area contributed by atoms with Gasteiger partial charge in [-0.3, -0.25) is 0 Å². The first-order valence-corrected chi connectivity index (χ1v) is 17.2. The molecule has 4 aromatic heterocycles. The van der Waals surface area contributed by atoms with E-state index in [-0.39, 0.29) is 0 Å². The molecule has 0 atom stereocenters. The van der Waals surface area contributed by atoms with Crippen molar-refractivity contribution in [3.8, 4) is 28.5 Å². The molecule has 246 valence electrons. The molecule has 0 aliphatic carbocycles. The van der Waals surface area contributed by atoms with Gasteiger partial charge in [-0.2, -0.15) is 0 Å². The van der Waals surface area contributed by atoms with Gasteiger partial charge >= 0.3 is 0 Å². The molecule has 4 heterocycles. The largest absolute Gasteiger partial charge is 0.456 e. The molecule has 0 aliphatic rings. The standard InChI is InChI=1S/C46H30N4O2/c1-28(20-27-39-29(2)33-14-7-10-18-40(33)51-39)44-47-45(30-12-4-3-5-13-30)49-46(48-44)31-21-23-32(24-22-31)50-37-17-9-6-16-36(37)42-38(50)26-25-35-34-15-8-11-19-41(34)52-43(35)42/h3-27H,1H2,2H3/b27-20-. The number of benzene rings is 6. The van der Waals surface area contributed by atoms with Crippen molar-refractivity contribution in [2.24, 2.45) is 0 Å². The van der Waals surface area contributed by atoms with Gasteiger partial charge in [0.25, 0.3) is 0 Å². The maximum Gasteiger partial charge on any atom is 0.164 e. The molecule has 0 spiro atoms. The Bertz CT molecular complexity index is 3040. The molecule has 6 aromatic carbocycles.